The fourth-order valence-electron chi connectivity index (χ4n) is 3.76. The number of amidine groups is 1. The first-order valence-electron chi connectivity index (χ1n) is 8.42. The van der Waals surface area contributed by atoms with E-state index in [4.69, 9.17) is 4.99 Å². The summed E-state index contributed by atoms with van der Waals surface area (Å²) in [5.41, 5.74) is 2.85. The molecule has 2 aromatic rings. The van der Waals surface area contributed by atoms with Crippen LogP contribution in [0.5, 0.6) is 0 Å². The number of thiazole rings is 1. The Morgan fingerprint density at radius 3 is 2.92 bits per heavy atom. The van der Waals surface area contributed by atoms with E-state index in [1.54, 1.807) is 17.5 Å². The number of nitrogens with one attached hydrogen (secondary N) is 1. The van der Waals surface area contributed by atoms with Crippen molar-refractivity contribution in [2.75, 3.05) is 26.7 Å². The molecule has 6 nitrogen and oxygen atoms in total. The van der Waals surface area contributed by atoms with Crippen LogP contribution in [0.2, 0.25) is 0 Å². The number of aliphatic imine (C=N–C) groups is 1. The van der Waals surface area contributed by atoms with Crippen molar-refractivity contribution in [1.82, 2.24) is 25.0 Å². The van der Waals surface area contributed by atoms with Gasteiger partial charge in [-0.1, -0.05) is 6.92 Å². The molecule has 1 fully saturated rings. The topological polar surface area (TPSA) is 58.3 Å². The minimum Gasteiger partial charge on any atom is -0.327 e. The van der Waals surface area contributed by atoms with E-state index in [-0.39, 0.29) is 5.41 Å². The number of hydrogen-bond donors (Lipinski definition) is 1. The van der Waals surface area contributed by atoms with Crippen LogP contribution in [0, 0.1) is 5.41 Å². The largest absolute Gasteiger partial charge is 0.333 e. The Morgan fingerprint density at radius 1 is 1.42 bits per heavy atom. The zero-order valence-electron chi connectivity index (χ0n) is 14.6. The predicted molar refractivity (Wildman–Crippen MR) is 97.3 cm³/mol. The molecule has 0 bridgehead atoms. The number of halogens is 2. The maximum Gasteiger partial charge on any atom is 0.333 e. The second-order valence-corrected chi connectivity index (χ2v) is 7.89. The number of hydrogen-bond acceptors (Lipinski definition) is 6. The smallest absolute Gasteiger partial charge is 0.327 e. The van der Waals surface area contributed by atoms with Crippen molar-refractivity contribution in [2.24, 2.45) is 10.4 Å². The van der Waals surface area contributed by atoms with Crippen LogP contribution in [0.15, 0.2) is 34.7 Å². The van der Waals surface area contributed by atoms with Gasteiger partial charge in [0.2, 0.25) is 0 Å². The highest BCUT2D eigenvalue weighted by atomic mass is 32.1. The summed E-state index contributed by atoms with van der Waals surface area (Å²) in [5, 5.41) is 9.88. The first-order chi connectivity index (χ1) is 12.5. The average molecular weight is 378 g/mol. The first kappa shape index (κ1) is 17.3. The minimum atomic E-state index is -2.64. The molecule has 1 atom stereocenters. The standard InChI is InChI=1S/C17H20F2N6S/c1-17(9-20-2)5-13-12(11-6-23-25(8-11)16(18)19)7-22-14(24(13)10-17)15-21-3-4-26-15/h3-4,6,8,16,20H,5,7,9-10H2,1-2H3. The summed E-state index contributed by atoms with van der Waals surface area (Å²) in [5.74, 6) is 0.875. The summed E-state index contributed by atoms with van der Waals surface area (Å²) in [4.78, 5) is 11.4. The Balaban J connectivity index is 1.75. The summed E-state index contributed by atoms with van der Waals surface area (Å²) >= 11 is 1.56. The van der Waals surface area contributed by atoms with Crippen LogP contribution in [0.4, 0.5) is 8.78 Å². The molecule has 26 heavy (non-hydrogen) atoms. The van der Waals surface area contributed by atoms with Crippen LogP contribution in [0.25, 0.3) is 5.57 Å². The quantitative estimate of drug-likeness (QED) is 0.869. The van der Waals surface area contributed by atoms with E-state index in [1.165, 1.54) is 12.4 Å². The molecule has 1 saturated heterocycles. The van der Waals surface area contributed by atoms with Gasteiger partial charge >= 0.3 is 6.55 Å². The van der Waals surface area contributed by atoms with Crippen LogP contribution in [-0.2, 0) is 0 Å². The van der Waals surface area contributed by atoms with E-state index in [1.807, 2.05) is 12.4 Å². The molecule has 0 saturated carbocycles. The molecular weight excluding hydrogens is 358 g/mol. The van der Waals surface area contributed by atoms with Gasteiger partial charge in [0.15, 0.2) is 10.8 Å². The molecule has 0 spiro atoms. The Morgan fingerprint density at radius 2 is 2.27 bits per heavy atom. The van der Waals surface area contributed by atoms with Gasteiger partial charge in [0.25, 0.3) is 0 Å². The van der Waals surface area contributed by atoms with E-state index >= 15 is 0 Å². The lowest BCUT2D eigenvalue weighted by molar-refractivity contribution is 0.0566. The second-order valence-electron chi connectivity index (χ2n) is 6.99. The molecule has 138 valence electrons. The van der Waals surface area contributed by atoms with Crippen LogP contribution < -0.4 is 5.32 Å². The van der Waals surface area contributed by atoms with Gasteiger partial charge in [0.1, 0.15) is 0 Å². The zero-order chi connectivity index (χ0) is 18.3. The van der Waals surface area contributed by atoms with Crippen molar-refractivity contribution in [3.05, 3.63) is 40.2 Å². The van der Waals surface area contributed by atoms with E-state index in [9.17, 15) is 8.78 Å². The molecule has 2 aliphatic heterocycles. The molecule has 0 aromatic carbocycles. The first-order valence-corrected chi connectivity index (χ1v) is 9.30. The minimum absolute atomic E-state index is 0.0381. The number of fused-ring (bicyclic) bond motifs is 1. The third kappa shape index (κ3) is 2.95. The van der Waals surface area contributed by atoms with Crippen LogP contribution in [0.1, 0.15) is 30.5 Å². The predicted octanol–water partition coefficient (Wildman–Crippen LogP) is 2.84. The molecule has 2 aromatic heterocycles. The average Bonchev–Trinajstić information content (AvgIpc) is 3.33. The summed E-state index contributed by atoms with van der Waals surface area (Å²) in [7, 11) is 1.94. The van der Waals surface area contributed by atoms with Gasteiger partial charge in [0.05, 0.1) is 12.7 Å². The molecule has 0 radical (unpaired) electrons. The van der Waals surface area contributed by atoms with Crippen molar-refractivity contribution in [3.63, 3.8) is 0 Å². The van der Waals surface area contributed by atoms with Crippen molar-refractivity contribution in [1.29, 1.82) is 0 Å². The highest BCUT2D eigenvalue weighted by Gasteiger charge is 2.42. The number of aromatic nitrogens is 3. The van der Waals surface area contributed by atoms with Crippen LogP contribution in [-0.4, -0.2) is 52.2 Å². The molecule has 4 heterocycles. The molecule has 1 unspecified atom stereocenters. The van der Waals surface area contributed by atoms with Gasteiger partial charge in [0, 0.05) is 53.1 Å². The van der Waals surface area contributed by atoms with E-state index in [0.29, 0.717) is 16.8 Å². The van der Waals surface area contributed by atoms with E-state index in [0.717, 1.165) is 41.6 Å². The van der Waals surface area contributed by atoms with Gasteiger partial charge in [-0.25, -0.2) is 9.67 Å². The second kappa shape index (κ2) is 6.55. The van der Waals surface area contributed by atoms with Crippen molar-refractivity contribution >= 4 is 22.7 Å². The third-order valence-corrected chi connectivity index (χ3v) is 5.60. The summed E-state index contributed by atoms with van der Waals surface area (Å²) in [6.45, 7) is 1.72. The highest BCUT2D eigenvalue weighted by molar-refractivity contribution is 7.11. The third-order valence-electron chi connectivity index (χ3n) is 4.83. The molecule has 1 N–H and O–H groups in total. The van der Waals surface area contributed by atoms with E-state index in [2.05, 4.69) is 27.2 Å². The van der Waals surface area contributed by atoms with Crippen LogP contribution >= 0.6 is 11.3 Å². The fraction of sp³-hybridized carbons (Fsp3) is 0.471. The Hall–Kier alpha value is -2.13. The molecule has 0 aliphatic carbocycles. The summed E-state index contributed by atoms with van der Waals surface area (Å²) < 4.78 is 26.5. The fourth-order valence-corrected chi connectivity index (χ4v) is 4.41. The Kier molecular flexibility index (Phi) is 4.36. The SMILES string of the molecule is CNCC1(C)CC2=C(c3cnn(C(F)F)c3)CN=C(c3nccs3)N2C1. The van der Waals surface area contributed by atoms with Gasteiger partial charge in [-0.05, 0) is 13.5 Å². The lowest BCUT2D eigenvalue weighted by Gasteiger charge is -2.28. The van der Waals surface area contributed by atoms with Crippen molar-refractivity contribution in [3.8, 4) is 0 Å². The highest BCUT2D eigenvalue weighted by Crippen LogP contribution is 2.43. The maximum atomic E-state index is 12.9. The van der Waals surface area contributed by atoms with Gasteiger partial charge in [-0.3, -0.25) is 4.99 Å². The normalized spacial score (nSPS) is 23.0. The van der Waals surface area contributed by atoms with Crippen molar-refractivity contribution in [2.45, 2.75) is 19.9 Å². The summed E-state index contributed by atoms with van der Waals surface area (Å²) in [6, 6.07) is 0. The van der Waals surface area contributed by atoms with Crippen molar-refractivity contribution < 1.29 is 8.78 Å². The van der Waals surface area contributed by atoms with Gasteiger partial charge in [-0.2, -0.15) is 13.9 Å². The number of nitrogens with zero attached hydrogens (tertiary/aromatic N) is 5. The number of rotatable bonds is 5. The zero-order valence-corrected chi connectivity index (χ0v) is 15.4. The number of alkyl halides is 2. The van der Waals surface area contributed by atoms with Crippen LogP contribution in [0.3, 0.4) is 0 Å². The summed E-state index contributed by atoms with van der Waals surface area (Å²) in [6.07, 6.45) is 5.54. The van der Waals surface area contributed by atoms with Gasteiger partial charge in [-0.15, -0.1) is 11.3 Å². The Labute approximate surface area is 154 Å². The monoisotopic (exact) mass is 378 g/mol. The molecule has 9 heteroatoms. The molecule has 2 aliphatic rings. The number of allylic oxidation sites excluding steroid dienone is 1. The lowest BCUT2D eigenvalue weighted by Crippen LogP contribution is -2.36. The Bertz CT molecular complexity index is 856. The maximum absolute atomic E-state index is 12.9. The van der Waals surface area contributed by atoms with Gasteiger partial charge < -0.3 is 10.2 Å². The molecular formula is C17H20F2N6S. The molecule has 0 amide bonds. The molecule has 4 rings (SSSR count). The lowest BCUT2D eigenvalue weighted by atomic mass is 9.88. The van der Waals surface area contributed by atoms with E-state index < -0.39 is 6.55 Å².